The highest BCUT2D eigenvalue weighted by atomic mass is 16.4. The number of rotatable bonds is 4. The fourth-order valence-corrected chi connectivity index (χ4v) is 3.39. The van der Waals surface area contributed by atoms with Gasteiger partial charge in [-0.3, -0.25) is 14.6 Å². The molecule has 4 rings (SSSR count). The number of amidine groups is 1. The molecule has 1 atom stereocenters. The predicted molar refractivity (Wildman–Crippen MR) is 108 cm³/mol. The molecule has 0 radical (unpaired) electrons. The lowest BCUT2D eigenvalue weighted by atomic mass is 10.1. The van der Waals surface area contributed by atoms with Crippen LogP contribution in [0.3, 0.4) is 0 Å². The smallest absolute Gasteiger partial charge is 0.260 e. The van der Waals surface area contributed by atoms with Crippen molar-refractivity contribution < 1.29 is 14.0 Å². The molecule has 2 aliphatic rings. The van der Waals surface area contributed by atoms with Crippen LogP contribution in [0.15, 0.2) is 38.7 Å². The van der Waals surface area contributed by atoms with Gasteiger partial charge in [-0.25, -0.2) is 4.99 Å². The Morgan fingerprint density at radius 1 is 1.21 bits per heavy atom. The molecule has 2 aliphatic heterocycles. The number of nitrogens with zero attached hydrogens (tertiary/aromatic N) is 3. The third kappa shape index (κ3) is 3.17. The average Bonchev–Trinajstić information content (AvgIpc) is 3.22. The summed E-state index contributed by atoms with van der Waals surface area (Å²) in [6.45, 7) is 6.04. The van der Waals surface area contributed by atoms with E-state index in [1.165, 1.54) is 6.92 Å². The standard InChI is InChI=1S/C20H21N5O3/c1-4-13-9-25-10-21-20-17(18(25)23-13)16(11(2)28-20)19(27)24-15-7-5-14(6-8-15)22-12(3)26/h5-8,10,13H,4,9H2,1-3H3,(H,22,26)(H,24,27)/t13-/m0/s1. The molecule has 8 heteroatoms. The van der Waals surface area contributed by atoms with Crippen molar-refractivity contribution in [2.45, 2.75) is 33.2 Å². The molecule has 1 aromatic heterocycles. The monoisotopic (exact) mass is 379 g/mol. The first-order chi connectivity index (χ1) is 13.5. The number of aryl methyl sites for hydroxylation is 1. The molecule has 0 saturated heterocycles. The van der Waals surface area contributed by atoms with Gasteiger partial charge in [0.05, 0.1) is 17.2 Å². The number of anilines is 2. The van der Waals surface area contributed by atoms with Crippen molar-refractivity contribution in [2.75, 3.05) is 17.2 Å². The lowest BCUT2D eigenvalue weighted by Gasteiger charge is -2.18. The Morgan fingerprint density at radius 3 is 2.54 bits per heavy atom. The Morgan fingerprint density at radius 2 is 1.89 bits per heavy atom. The van der Waals surface area contributed by atoms with Gasteiger partial charge in [0.25, 0.3) is 5.91 Å². The number of hydrogen-bond acceptors (Lipinski definition) is 6. The second kappa shape index (κ2) is 6.95. The molecular weight excluding hydrogens is 358 g/mol. The number of fused-ring (bicyclic) bond motifs is 3. The van der Waals surface area contributed by atoms with Gasteiger partial charge in [-0.05, 0) is 37.6 Å². The van der Waals surface area contributed by atoms with E-state index in [1.807, 2.05) is 4.90 Å². The zero-order valence-corrected chi connectivity index (χ0v) is 15.9. The molecule has 8 nitrogen and oxygen atoms in total. The summed E-state index contributed by atoms with van der Waals surface area (Å²) in [6, 6.07) is 7.10. The Kier molecular flexibility index (Phi) is 4.46. The van der Waals surface area contributed by atoms with Crippen LogP contribution >= 0.6 is 0 Å². The van der Waals surface area contributed by atoms with E-state index in [-0.39, 0.29) is 17.9 Å². The lowest BCUT2D eigenvalue weighted by molar-refractivity contribution is -0.114. The van der Waals surface area contributed by atoms with Crippen LogP contribution in [-0.2, 0) is 4.79 Å². The van der Waals surface area contributed by atoms with Crippen molar-refractivity contribution in [1.29, 1.82) is 0 Å². The number of amides is 2. The van der Waals surface area contributed by atoms with Crippen molar-refractivity contribution >= 4 is 41.2 Å². The van der Waals surface area contributed by atoms with Crippen LogP contribution in [-0.4, -0.2) is 41.5 Å². The van der Waals surface area contributed by atoms with Gasteiger partial charge in [0.1, 0.15) is 17.9 Å². The highest BCUT2D eigenvalue weighted by Gasteiger charge is 2.35. The number of benzene rings is 1. The average molecular weight is 379 g/mol. The molecule has 0 unspecified atom stereocenters. The first-order valence-corrected chi connectivity index (χ1v) is 9.17. The Balaban J connectivity index is 1.62. The van der Waals surface area contributed by atoms with Crippen LogP contribution < -0.4 is 10.6 Å². The number of carbonyl (C=O) groups is 2. The lowest BCUT2D eigenvalue weighted by Crippen LogP contribution is -2.31. The largest absolute Gasteiger partial charge is 0.442 e. The first kappa shape index (κ1) is 18.0. The van der Waals surface area contributed by atoms with E-state index in [9.17, 15) is 9.59 Å². The minimum Gasteiger partial charge on any atom is -0.442 e. The fourth-order valence-electron chi connectivity index (χ4n) is 3.39. The van der Waals surface area contributed by atoms with Gasteiger partial charge in [0.2, 0.25) is 11.8 Å². The van der Waals surface area contributed by atoms with E-state index >= 15 is 0 Å². The second-order valence-corrected chi connectivity index (χ2v) is 6.84. The molecule has 2 amide bonds. The fraction of sp³-hybridized carbons (Fsp3) is 0.300. The minimum atomic E-state index is -0.283. The Hall–Kier alpha value is -3.42. The molecule has 1 aromatic carbocycles. The maximum Gasteiger partial charge on any atom is 0.260 e. The van der Waals surface area contributed by atoms with E-state index in [2.05, 4.69) is 22.5 Å². The highest BCUT2D eigenvalue weighted by Crippen LogP contribution is 2.35. The van der Waals surface area contributed by atoms with E-state index in [0.29, 0.717) is 34.1 Å². The summed E-state index contributed by atoms with van der Waals surface area (Å²) < 4.78 is 5.72. The molecular formula is C20H21N5O3. The van der Waals surface area contributed by atoms with Gasteiger partial charge in [-0.15, -0.1) is 0 Å². The molecule has 28 heavy (non-hydrogen) atoms. The topological polar surface area (TPSA) is 99.3 Å². The normalized spacial score (nSPS) is 17.0. The molecule has 3 heterocycles. The van der Waals surface area contributed by atoms with Crippen LogP contribution in [0.5, 0.6) is 0 Å². The third-order valence-electron chi connectivity index (χ3n) is 4.75. The van der Waals surface area contributed by atoms with E-state index in [0.717, 1.165) is 18.8 Å². The Labute approximate surface area is 162 Å². The Bertz CT molecular complexity index is 1000. The number of nitrogens with one attached hydrogen (secondary N) is 2. The van der Waals surface area contributed by atoms with Gasteiger partial charge >= 0.3 is 0 Å². The van der Waals surface area contributed by atoms with E-state index in [1.54, 1.807) is 37.5 Å². The summed E-state index contributed by atoms with van der Waals surface area (Å²) in [6.07, 6.45) is 2.63. The number of carbonyl (C=O) groups excluding carboxylic acids is 2. The van der Waals surface area contributed by atoms with Gasteiger partial charge in [0, 0.05) is 24.8 Å². The molecule has 0 spiro atoms. The SMILES string of the molecule is CC[C@H]1CN2C=Nc3oc(C)c(C(=O)Nc4ccc(NC(C)=O)cc4)c3C2=N1. The zero-order valence-electron chi connectivity index (χ0n) is 15.9. The maximum atomic E-state index is 13.0. The summed E-state index contributed by atoms with van der Waals surface area (Å²) in [5, 5.41) is 5.58. The van der Waals surface area contributed by atoms with E-state index in [4.69, 9.17) is 9.41 Å². The summed E-state index contributed by atoms with van der Waals surface area (Å²) >= 11 is 0. The molecule has 2 N–H and O–H groups in total. The van der Waals surface area contributed by atoms with Crippen molar-refractivity contribution in [3.05, 3.63) is 41.2 Å². The molecule has 0 aliphatic carbocycles. The summed E-state index contributed by atoms with van der Waals surface area (Å²) in [5.41, 5.74) is 2.37. The number of furan rings is 1. The molecule has 2 aromatic rings. The number of aliphatic imine (C=N–C) groups is 2. The minimum absolute atomic E-state index is 0.148. The van der Waals surface area contributed by atoms with Crippen LogP contribution in [0.4, 0.5) is 17.3 Å². The third-order valence-corrected chi connectivity index (χ3v) is 4.75. The summed E-state index contributed by atoms with van der Waals surface area (Å²) in [7, 11) is 0. The van der Waals surface area contributed by atoms with Crippen molar-refractivity contribution in [1.82, 2.24) is 4.90 Å². The van der Waals surface area contributed by atoms with Crippen LogP contribution in [0.2, 0.25) is 0 Å². The van der Waals surface area contributed by atoms with E-state index < -0.39 is 0 Å². The first-order valence-electron chi connectivity index (χ1n) is 9.17. The van der Waals surface area contributed by atoms with Crippen LogP contribution in [0, 0.1) is 6.92 Å². The zero-order chi connectivity index (χ0) is 19.8. The quantitative estimate of drug-likeness (QED) is 0.851. The van der Waals surface area contributed by atoms with Gasteiger partial charge in [-0.1, -0.05) is 6.92 Å². The molecule has 0 fully saturated rings. The van der Waals surface area contributed by atoms with Gasteiger partial charge in [0.15, 0.2) is 0 Å². The van der Waals surface area contributed by atoms with Crippen molar-refractivity contribution in [2.24, 2.45) is 9.98 Å². The highest BCUT2D eigenvalue weighted by molar-refractivity contribution is 6.19. The molecule has 144 valence electrons. The second-order valence-electron chi connectivity index (χ2n) is 6.84. The molecule has 0 bridgehead atoms. The maximum absolute atomic E-state index is 13.0. The van der Waals surface area contributed by atoms with Crippen molar-refractivity contribution in [3.8, 4) is 0 Å². The van der Waals surface area contributed by atoms with Crippen LogP contribution in [0.1, 0.15) is 41.9 Å². The number of hydrogen-bond donors (Lipinski definition) is 2. The van der Waals surface area contributed by atoms with Gasteiger partial charge in [-0.2, -0.15) is 0 Å². The summed E-state index contributed by atoms with van der Waals surface area (Å²) in [4.78, 5) is 35.2. The summed E-state index contributed by atoms with van der Waals surface area (Å²) in [5.74, 6) is 1.22. The molecule has 0 saturated carbocycles. The van der Waals surface area contributed by atoms with Crippen molar-refractivity contribution in [3.63, 3.8) is 0 Å². The van der Waals surface area contributed by atoms with Gasteiger partial charge < -0.3 is 20.0 Å². The predicted octanol–water partition coefficient (Wildman–Crippen LogP) is 3.31. The van der Waals surface area contributed by atoms with Crippen LogP contribution in [0.25, 0.3) is 0 Å².